The van der Waals surface area contributed by atoms with Crippen LogP contribution in [0.5, 0.6) is 0 Å². The van der Waals surface area contributed by atoms with Crippen molar-refractivity contribution in [1.29, 1.82) is 0 Å². The van der Waals surface area contributed by atoms with Crippen LogP contribution in [0.15, 0.2) is 63.9 Å². The average molecular weight is 442 g/mol. The summed E-state index contributed by atoms with van der Waals surface area (Å²) in [6, 6.07) is 15.2. The van der Waals surface area contributed by atoms with Crippen molar-refractivity contribution in [3.63, 3.8) is 0 Å². The van der Waals surface area contributed by atoms with Gasteiger partial charge >= 0.3 is 0 Å². The third-order valence-electron chi connectivity index (χ3n) is 4.46. The standard InChI is InChI=1S/C21H16ClN3O4S/c1-12-5-6-14(22)10-17(12)23-21-24-20(26)19(30-21)11-16-7-8-18(29-16)13-3-2-4-15(9-13)25(27)28/h2-11,21,23H,1H3,(H,24,26)/b19-11-. The molecule has 1 amide bonds. The number of nitrogens with one attached hydrogen (secondary N) is 2. The van der Waals surface area contributed by atoms with Gasteiger partial charge in [0, 0.05) is 34.5 Å². The number of thioether (sulfide) groups is 1. The average Bonchev–Trinajstić information content (AvgIpc) is 3.32. The summed E-state index contributed by atoms with van der Waals surface area (Å²) in [6.45, 7) is 1.95. The number of nitro groups is 1. The van der Waals surface area contributed by atoms with Crippen LogP contribution < -0.4 is 10.6 Å². The van der Waals surface area contributed by atoms with E-state index in [1.54, 1.807) is 30.3 Å². The van der Waals surface area contributed by atoms with Gasteiger partial charge in [-0.3, -0.25) is 14.9 Å². The van der Waals surface area contributed by atoms with Gasteiger partial charge in [0.05, 0.1) is 9.83 Å². The molecule has 1 saturated heterocycles. The summed E-state index contributed by atoms with van der Waals surface area (Å²) in [5.41, 5.74) is 2.09. The molecule has 1 unspecified atom stereocenters. The SMILES string of the molecule is Cc1ccc(Cl)cc1NC1NC(=O)/C(=C/c2ccc(-c3cccc([N+](=O)[O-])c3)o2)S1. The second-order valence-electron chi connectivity index (χ2n) is 6.59. The highest BCUT2D eigenvalue weighted by Gasteiger charge is 2.28. The third-order valence-corrected chi connectivity index (χ3v) is 5.72. The minimum Gasteiger partial charge on any atom is -0.457 e. The number of rotatable bonds is 5. The molecule has 4 rings (SSSR count). The van der Waals surface area contributed by atoms with Crippen LogP contribution in [0.1, 0.15) is 11.3 Å². The molecule has 0 spiro atoms. The largest absolute Gasteiger partial charge is 0.457 e. The molecule has 0 radical (unpaired) electrons. The van der Waals surface area contributed by atoms with Crippen molar-refractivity contribution in [2.24, 2.45) is 0 Å². The summed E-state index contributed by atoms with van der Waals surface area (Å²) >= 11 is 7.38. The second-order valence-corrected chi connectivity index (χ2v) is 8.18. The lowest BCUT2D eigenvalue weighted by Crippen LogP contribution is -2.31. The predicted octanol–water partition coefficient (Wildman–Crippen LogP) is 5.42. The van der Waals surface area contributed by atoms with Gasteiger partial charge in [-0.15, -0.1) is 0 Å². The first-order valence-corrected chi connectivity index (χ1v) is 10.2. The van der Waals surface area contributed by atoms with Crippen LogP contribution in [0, 0.1) is 17.0 Å². The predicted molar refractivity (Wildman–Crippen MR) is 118 cm³/mol. The summed E-state index contributed by atoms with van der Waals surface area (Å²) in [7, 11) is 0. The Balaban J connectivity index is 1.50. The van der Waals surface area contributed by atoms with Crippen molar-refractivity contribution in [3.8, 4) is 11.3 Å². The molecule has 1 aromatic heterocycles. The van der Waals surface area contributed by atoms with Crippen LogP contribution in [0.25, 0.3) is 17.4 Å². The van der Waals surface area contributed by atoms with Crippen molar-refractivity contribution >= 4 is 46.7 Å². The smallest absolute Gasteiger partial charge is 0.270 e. The fourth-order valence-corrected chi connectivity index (χ4v) is 4.07. The zero-order chi connectivity index (χ0) is 21.3. The summed E-state index contributed by atoms with van der Waals surface area (Å²) in [5, 5.41) is 17.7. The van der Waals surface area contributed by atoms with Crippen molar-refractivity contribution in [3.05, 3.63) is 86.0 Å². The molecular weight excluding hydrogens is 426 g/mol. The minimum absolute atomic E-state index is 0.0141. The Morgan fingerprint density at radius 1 is 1.23 bits per heavy atom. The lowest BCUT2D eigenvalue weighted by Gasteiger charge is -2.15. The third kappa shape index (κ3) is 4.34. The van der Waals surface area contributed by atoms with Crippen molar-refractivity contribution in [2.75, 3.05) is 5.32 Å². The monoisotopic (exact) mass is 441 g/mol. The zero-order valence-corrected chi connectivity index (χ0v) is 17.3. The van der Waals surface area contributed by atoms with E-state index in [4.69, 9.17) is 16.0 Å². The fourth-order valence-electron chi connectivity index (χ4n) is 2.94. The summed E-state index contributed by atoms with van der Waals surface area (Å²) in [4.78, 5) is 23.3. The highest BCUT2D eigenvalue weighted by atomic mass is 35.5. The van der Waals surface area contributed by atoms with E-state index < -0.39 is 4.92 Å². The Bertz CT molecular complexity index is 1170. The maximum atomic E-state index is 12.3. The fraction of sp³-hybridized carbons (Fsp3) is 0.0952. The van der Waals surface area contributed by atoms with E-state index in [9.17, 15) is 14.9 Å². The second kappa shape index (κ2) is 8.25. The van der Waals surface area contributed by atoms with E-state index in [1.165, 1.54) is 23.9 Å². The molecule has 9 heteroatoms. The number of anilines is 1. The van der Waals surface area contributed by atoms with Crippen LogP contribution in [-0.2, 0) is 4.79 Å². The number of nitro benzene ring substituents is 1. The quantitative estimate of drug-likeness (QED) is 0.312. The van der Waals surface area contributed by atoms with Crippen LogP contribution in [0.2, 0.25) is 5.02 Å². The van der Waals surface area contributed by atoms with Crippen molar-refractivity contribution < 1.29 is 14.1 Å². The molecule has 2 N–H and O–H groups in total. The molecule has 30 heavy (non-hydrogen) atoms. The number of carbonyl (C=O) groups is 1. The van der Waals surface area contributed by atoms with Gasteiger partial charge in [0.15, 0.2) is 5.50 Å². The molecule has 152 valence electrons. The van der Waals surface area contributed by atoms with Gasteiger partial charge in [0.25, 0.3) is 11.6 Å². The molecular formula is C21H16ClN3O4S. The number of nitrogens with zero attached hydrogens (tertiary/aromatic N) is 1. The Morgan fingerprint density at radius 2 is 2.07 bits per heavy atom. The normalized spacial score (nSPS) is 17.2. The van der Waals surface area contributed by atoms with Crippen molar-refractivity contribution in [2.45, 2.75) is 12.4 Å². The highest BCUT2D eigenvalue weighted by Crippen LogP contribution is 2.33. The number of amides is 1. The van der Waals surface area contributed by atoms with Gasteiger partial charge in [-0.2, -0.15) is 0 Å². The van der Waals surface area contributed by atoms with Crippen LogP contribution in [-0.4, -0.2) is 16.3 Å². The molecule has 7 nitrogen and oxygen atoms in total. The van der Waals surface area contributed by atoms with Gasteiger partial charge in [-0.05, 0) is 36.8 Å². The molecule has 1 aliphatic rings. The highest BCUT2D eigenvalue weighted by molar-refractivity contribution is 8.05. The van der Waals surface area contributed by atoms with Gasteiger partial charge in [-0.25, -0.2) is 0 Å². The van der Waals surface area contributed by atoms with Gasteiger partial charge < -0.3 is 15.1 Å². The van der Waals surface area contributed by atoms with Gasteiger partial charge in [0.1, 0.15) is 11.5 Å². The van der Waals surface area contributed by atoms with Crippen LogP contribution in [0.3, 0.4) is 0 Å². The maximum absolute atomic E-state index is 12.3. The molecule has 1 atom stereocenters. The lowest BCUT2D eigenvalue weighted by atomic mass is 10.1. The van der Waals surface area contributed by atoms with Crippen LogP contribution in [0.4, 0.5) is 11.4 Å². The van der Waals surface area contributed by atoms with E-state index >= 15 is 0 Å². The number of hydrogen-bond acceptors (Lipinski definition) is 6. The summed E-state index contributed by atoms with van der Waals surface area (Å²) in [5.74, 6) is 0.748. The summed E-state index contributed by atoms with van der Waals surface area (Å²) < 4.78 is 5.77. The molecule has 1 fully saturated rings. The lowest BCUT2D eigenvalue weighted by molar-refractivity contribution is -0.384. The number of aryl methyl sites for hydroxylation is 1. The van der Waals surface area contributed by atoms with E-state index in [0.717, 1.165) is 11.3 Å². The number of hydrogen-bond donors (Lipinski definition) is 2. The molecule has 0 saturated carbocycles. The molecule has 0 bridgehead atoms. The first kappa shape index (κ1) is 20.1. The van der Waals surface area contributed by atoms with Gasteiger partial charge in [-0.1, -0.05) is 41.6 Å². The number of halogens is 1. The van der Waals surface area contributed by atoms with E-state index in [0.29, 0.717) is 27.0 Å². The Morgan fingerprint density at radius 3 is 2.87 bits per heavy atom. The minimum atomic E-state index is -0.455. The molecule has 3 aromatic rings. The maximum Gasteiger partial charge on any atom is 0.270 e. The van der Waals surface area contributed by atoms with E-state index in [1.807, 2.05) is 25.1 Å². The molecule has 1 aliphatic heterocycles. The van der Waals surface area contributed by atoms with E-state index in [2.05, 4.69) is 10.6 Å². The summed E-state index contributed by atoms with van der Waals surface area (Å²) in [6.07, 6.45) is 1.65. The first-order chi connectivity index (χ1) is 14.4. The molecule has 0 aliphatic carbocycles. The number of non-ortho nitro benzene ring substituents is 1. The van der Waals surface area contributed by atoms with Crippen LogP contribution >= 0.6 is 23.4 Å². The van der Waals surface area contributed by atoms with Crippen molar-refractivity contribution in [1.82, 2.24) is 5.32 Å². The number of benzene rings is 2. The zero-order valence-electron chi connectivity index (χ0n) is 15.7. The Hall–Kier alpha value is -3.23. The topological polar surface area (TPSA) is 97.4 Å². The Kier molecular flexibility index (Phi) is 5.52. The first-order valence-electron chi connectivity index (χ1n) is 8.95. The Labute approximate surface area is 181 Å². The molecule has 2 aromatic carbocycles. The van der Waals surface area contributed by atoms with Gasteiger partial charge in [0.2, 0.25) is 0 Å². The van der Waals surface area contributed by atoms with E-state index in [-0.39, 0.29) is 17.1 Å². The number of carbonyl (C=O) groups excluding carboxylic acids is 1. The number of furan rings is 1. The molecule has 2 heterocycles.